The number of ketones is 1. The summed E-state index contributed by atoms with van der Waals surface area (Å²) in [7, 11) is -2.11. The van der Waals surface area contributed by atoms with Crippen LogP contribution >= 0.6 is 23.5 Å². The van der Waals surface area contributed by atoms with Crippen LogP contribution in [0, 0.1) is 0 Å². The van der Waals surface area contributed by atoms with Crippen LogP contribution in [0.1, 0.15) is 19.8 Å². The molecule has 1 heterocycles. The molecule has 0 atom stereocenters. The molecule has 0 spiro atoms. The second-order valence-corrected chi connectivity index (χ2v) is 14.6. The van der Waals surface area contributed by atoms with Crippen molar-refractivity contribution in [2.24, 2.45) is 0 Å². The molecular formula is C20H24OS2Si. The summed E-state index contributed by atoms with van der Waals surface area (Å²) in [5.41, 5.74) is 0. The molecule has 1 nitrogen and oxygen atoms in total. The van der Waals surface area contributed by atoms with Crippen molar-refractivity contribution < 1.29 is 4.79 Å². The number of hydrogen-bond acceptors (Lipinski definition) is 3. The van der Waals surface area contributed by atoms with Crippen molar-refractivity contribution >= 4 is 47.8 Å². The van der Waals surface area contributed by atoms with Crippen molar-refractivity contribution in [3.05, 3.63) is 60.7 Å². The lowest BCUT2D eigenvalue weighted by molar-refractivity contribution is -0.116. The molecule has 1 aliphatic heterocycles. The first kappa shape index (κ1) is 17.8. The number of thioether (sulfide) groups is 2. The van der Waals surface area contributed by atoms with E-state index in [1.165, 1.54) is 16.8 Å². The molecule has 126 valence electrons. The van der Waals surface area contributed by atoms with Crippen LogP contribution < -0.4 is 10.4 Å². The van der Waals surface area contributed by atoms with Gasteiger partial charge in [-0.05, 0) is 24.9 Å². The van der Waals surface area contributed by atoms with Gasteiger partial charge in [0.2, 0.25) is 0 Å². The maximum Gasteiger partial charge on any atom is 0.143 e. The Labute approximate surface area is 154 Å². The Kier molecular flexibility index (Phi) is 5.58. The topological polar surface area (TPSA) is 17.1 Å². The van der Waals surface area contributed by atoms with Gasteiger partial charge in [-0.3, -0.25) is 4.79 Å². The Morgan fingerprint density at radius 2 is 1.42 bits per heavy atom. The van der Waals surface area contributed by atoms with E-state index < -0.39 is 8.07 Å². The minimum atomic E-state index is -2.11. The van der Waals surface area contributed by atoms with Gasteiger partial charge in [-0.1, -0.05) is 77.6 Å². The number of Topliss-reactive ketones (excluding diaryl/α,β-unsaturated/α-hetero) is 1. The largest absolute Gasteiger partial charge is 0.300 e. The van der Waals surface area contributed by atoms with Crippen molar-refractivity contribution in [2.75, 3.05) is 11.5 Å². The van der Waals surface area contributed by atoms with Gasteiger partial charge in [0.15, 0.2) is 0 Å². The summed E-state index contributed by atoms with van der Waals surface area (Å²) in [6, 6.07) is 21.8. The highest BCUT2D eigenvalue weighted by Gasteiger charge is 2.54. The number of carbonyl (C=O) groups is 1. The fourth-order valence-electron chi connectivity index (χ4n) is 3.62. The van der Waals surface area contributed by atoms with Crippen LogP contribution in [-0.2, 0) is 4.79 Å². The van der Waals surface area contributed by atoms with Crippen LogP contribution in [0.25, 0.3) is 0 Å². The summed E-state index contributed by atoms with van der Waals surface area (Å²) in [5, 5.41) is 2.86. The first-order chi connectivity index (χ1) is 11.6. The molecule has 0 N–H and O–H groups in total. The number of rotatable bonds is 5. The number of benzene rings is 2. The summed E-state index contributed by atoms with van der Waals surface area (Å²) in [5.74, 6) is 2.62. The molecule has 1 aliphatic rings. The first-order valence-electron chi connectivity index (χ1n) is 8.47. The van der Waals surface area contributed by atoms with Crippen molar-refractivity contribution in [3.8, 4) is 0 Å². The molecule has 0 radical (unpaired) electrons. The highest BCUT2D eigenvalue weighted by molar-refractivity contribution is 8.21. The average molecular weight is 373 g/mol. The molecule has 0 saturated carbocycles. The molecule has 1 saturated heterocycles. The Morgan fingerprint density at radius 1 is 0.958 bits per heavy atom. The summed E-state index contributed by atoms with van der Waals surface area (Å²) in [4.78, 5) is 12.2. The standard InChI is InChI=1S/C20H24OS2Si/c1-17(21)16-20(22-14-9-15-23-20)24(2,18-10-5-3-6-11-18)19-12-7-4-8-13-19/h3-8,10-13H,9,14-16H2,1-2H3. The number of hydrogen-bond donors (Lipinski definition) is 0. The lowest BCUT2D eigenvalue weighted by atomic mass is 10.3. The predicted molar refractivity (Wildman–Crippen MR) is 111 cm³/mol. The van der Waals surface area contributed by atoms with Crippen LogP contribution in [0.3, 0.4) is 0 Å². The van der Waals surface area contributed by atoms with Crippen LogP contribution in [-0.4, -0.2) is 29.1 Å². The zero-order valence-corrected chi connectivity index (χ0v) is 17.0. The van der Waals surface area contributed by atoms with E-state index in [1.807, 2.05) is 23.5 Å². The molecule has 0 unspecified atom stereocenters. The third kappa shape index (κ3) is 3.24. The van der Waals surface area contributed by atoms with E-state index >= 15 is 0 Å². The van der Waals surface area contributed by atoms with E-state index in [1.54, 1.807) is 6.92 Å². The zero-order valence-electron chi connectivity index (χ0n) is 14.3. The second-order valence-electron chi connectivity index (χ2n) is 6.54. The Hall–Kier alpha value is -0.973. The molecule has 2 aromatic rings. The van der Waals surface area contributed by atoms with E-state index in [0.29, 0.717) is 12.2 Å². The summed E-state index contributed by atoms with van der Waals surface area (Å²) < 4.78 is -0.0141. The molecule has 0 aromatic heterocycles. The summed E-state index contributed by atoms with van der Waals surface area (Å²) in [6.07, 6.45) is 1.90. The van der Waals surface area contributed by atoms with Crippen LogP contribution in [0.15, 0.2) is 60.7 Å². The molecular weight excluding hydrogens is 348 g/mol. The smallest absolute Gasteiger partial charge is 0.143 e. The van der Waals surface area contributed by atoms with E-state index in [9.17, 15) is 4.79 Å². The molecule has 1 fully saturated rings. The highest BCUT2D eigenvalue weighted by Crippen LogP contribution is 2.50. The summed E-state index contributed by atoms with van der Waals surface area (Å²) >= 11 is 4.08. The van der Waals surface area contributed by atoms with Crippen molar-refractivity contribution in [1.82, 2.24) is 0 Å². The normalized spacial score (nSPS) is 17.4. The van der Waals surface area contributed by atoms with Crippen LogP contribution in [0.4, 0.5) is 0 Å². The van der Waals surface area contributed by atoms with Gasteiger partial charge >= 0.3 is 0 Å². The van der Waals surface area contributed by atoms with Gasteiger partial charge in [-0.25, -0.2) is 0 Å². The minimum absolute atomic E-state index is 0.0141. The predicted octanol–water partition coefficient (Wildman–Crippen LogP) is 3.96. The lowest BCUT2D eigenvalue weighted by Gasteiger charge is -2.49. The van der Waals surface area contributed by atoms with Crippen molar-refractivity contribution in [3.63, 3.8) is 0 Å². The quantitative estimate of drug-likeness (QED) is 0.740. The fraction of sp³-hybridized carbons (Fsp3) is 0.350. The molecule has 24 heavy (non-hydrogen) atoms. The van der Waals surface area contributed by atoms with Gasteiger partial charge in [-0.2, -0.15) is 0 Å². The Balaban J connectivity index is 2.21. The summed E-state index contributed by atoms with van der Waals surface area (Å²) in [6.45, 7) is 4.22. The third-order valence-electron chi connectivity index (χ3n) is 4.90. The second kappa shape index (κ2) is 7.50. The van der Waals surface area contributed by atoms with Gasteiger partial charge in [0.1, 0.15) is 13.9 Å². The third-order valence-corrected chi connectivity index (χ3v) is 15.8. The fourth-order valence-corrected chi connectivity index (χ4v) is 14.4. The van der Waals surface area contributed by atoms with Gasteiger partial charge < -0.3 is 0 Å². The molecule has 4 heteroatoms. The van der Waals surface area contributed by atoms with Crippen molar-refractivity contribution in [2.45, 2.75) is 30.0 Å². The number of carbonyl (C=O) groups excluding carboxylic acids is 1. The molecule has 2 aromatic carbocycles. The highest BCUT2D eigenvalue weighted by atomic mass is 32.2. The van der Waals surface area contributed by atoms with Gasteiger partial charge in [-0.15, -0.1) is 23.5 Å². The maximum absolute atomic E-state index is 12.2. The van der Waals surface area contributed by atoms with E-state index in [0.717, 1.165) is 11.5 Å². The Morgan fingerprint density at radius 3 is 1.83 bits per heavy atom. The van der Waals surface area contributed by atoms with Crippen LogP contribution in [0.2, 0.25) is 6.55 Å². The molecule has 0 amide bonds. The van der Waals surface area contributed by atoms with Gasteiger partial charge in [0.05, 0.1) is 3.70 Å². The SMILES string of the molecule is CC(=O)CC1([Si](C)(c2ccccc2)c2ccccc2)SCCCS1. The molecule has 0 bridgehead atoms. The van der Waals surface area contributed by atoms with Gasteiger partial charge in [0, 0.05) is 6.42 Å². The zero-order chi connectivity index (χ0) is 17.0. The Bertz CT molecular complexity index is 642. The average Bonchev–Trinajstić information content (AvgIpc) is 2.62. The first-order valence-corrected chi connectivity index (χ1v) is 12.9. The molecule has 3 rings (SSSR count). The lowest BCUT2D eigenvalue weighted by Crippen LogP contribution is -2.69. The van der Waals surface area contributed by atoms with Gasteiger partial charge in [0.25, 0.3) is 0 Å². The van der Waals surface area contributed by atoms with Crippen molar-refractivity contribution in [1.29, 1.82) is 0 Å². The van der Waals surface area contributed by atoms with E-state index in [4.69, 9.17) is 0 Å². The van der Waals surface area contributed by atoms with E-state index in [2.05, 4.69) is 67.2 Å². The molecule has 0 aliphatic carbocycles. The maximum atomic E-state index is 12.2. The van der Waals surface area contributed by atoms with E-state index in [-0.39, 0.29) is 3.70 Å². The minimum Gasteiger partial charge on any atom is -0.300 e. The monoisotopic (exact) mass is 372 g/mol. The van der Waals surface area contributed by atoms with Crippen LogP contribution in [0.5, 0.6) is 0 Å².